The van der Waals surface area contributed by atoms with Crippen molar-refractivity contribution in [3.8, 4) is 5.75 Å². The lowest BCUT2D eigenvalue weighted by Gasteiger charge is -2.26. The van der Waals surface area contributed by atoms with E-state index in [1.54, 1.807) is 18.2 Å². The minimum absolute atomic E-state index is 0.240. The number of amides is 4. The number of carbonyl (C=O) groups excluding carboxylic acids is 3. The maximum absolute atomic E-state index is 14.2. The topological polar surface area (TPSA) is 75.7 Å². The molecule has 33 heavy (non-hydrogen) atoms. The summed E-state index contributed by atoms with van der Waals surface area (Å²) in [5.74, 6) is -1.96. The Kier molecular flexibility index (Phi) is 6.71. The Morgan fingerprint density at radius 1 is 0.970 bits per heavy atom. The summed E-state index contributed by atoms with van der Waals surface area (Å²) in [7, 11) is 0. The van der Waals surface area contributed by atoms with Gasteiger partial charge in [0.2, 0.25) is 0 Å². The number of hydrogen-bond donors (Lipinski definition) is 1. The Balaban J connectivity index is 1.57. The van der Waals surface area contributed by atoms with E-state index in [9.17, 15) is 18.8 Å². The summed E-state index contributed by atoms with van der Waals surface area (Å²) in [6.45, 7) is 0.354. The zero-order valence-corrected chi connectivity index (χ0v) is 20.0. The number of rotatable bonds is 5. The summed E-state index contributed by atoms with van der Waals surface area (Å²) in [6.07, 6.45) is 1.33. The van der Waals surface area contributed by atoms with E-state index in [0.717, 1.165) is 16.1 Å². The molecule has 0 spiro atoms. The fraction of sp³-hybridized carbons (Fsp3) is 0.0417. The number of hydrogen-bond acceptors (Lipinski definition) is 4. The molecule has 166 valence electrons. The van der Waals surface area contributed by atoms with E-state index in [0.29, 0.717) is 27.3 Å². The fourth-order valence-corrected chi connectivity index (χ4v) is 3.92. The van der Waals surface area contributed by atoms with Gasteiger partial charge in [-0.15, -0.1) is 0 Å². The third-order valence-electron chi connectivity index (χ3n) is 4.77. The van der Waals surface area contributed by atoms with Gasteiger partial charge in [-0.25, -0.2) is 14.1 Å². The van der Waals surface area contributed by atoms with Crippen LogP contribution in [-0.2, 0) is 16.2 Å². The monoisotopic (exact) mass is 572 g/mol. The Morgan fingerprint density at radius 2 is 1.70 bits per heavy atom. The van der Waals surface area contributed by atoms with Crippen LogP contribution in [0.25, 0.3) is 6.08 Å². The summed E-state index contributed by atoms with van der Waals surface area (Å²) in [6, 6.07) is 17.1. The molecule has 1 aliphatic heterocycles. The molecule has 4 rings (SSSR count). The predicted molar refractivity (Wildman–Crippen MR) is 128 cm³/mol. The van der Waals surface area contributed by atoms with Gasteiger partial charge in [-0.3, -0.25) is 14.9 Å². The van der Waals surface area contributed by atoms with E-state index in [1.165, 1.54) is 24.3 Å². The van der Waals surface area contributed by atoms with E-state index < -0.39 is 23.7 Å². The van der Waals surface area contributed by atoms with E-state index in [4.69, 9.17) is 4.74 Å². The van der Waals surface area contributed by atoms with Gasteiger partial charge in [0.15, 0.2) is 0 Å². The van der Waals surface area contributed by atoms with Crippen LogP contribution in [0.15, 0.2) is 81.2 Å². The van der Waals surface area contributed by atoms with Crippen LogP contribution in [0.5, 0.6) is 5.75 Å². The highest BCUT2D eigenvalue weighted by molar-refractivity contribution is 9.10. The zero-order chi connectivity index (χ0) is 23.5. The average molecular weight is 574 g/mol. The number of nitrogens with zero attached hydrogens (tertiary/aromatic N) is 1. The first-order valence-corrected chi connectivity index (χ1v) is 11.2. The Morgan fingerprint density at radius 3 is 2.39 bits per heavy atom. The van der Waals surface area contributed by atoms with Gasteiger partial charge < -0.3 is 4.74 Å². The normalized spacial score (nSPS) is 15.1. The molecule has 0 saturated carbocycles. The first-order valence-electron chi connectivity index (χ1n) is 9.66. The maximum Gasteiger partial charge on any atom is 0.336 e. The van der Waals surface area contributed by atoms with Crippen LogP contribution in [0.4, 0.5) is 14.9 Å². The predicted octanol–water partition coefficient (Wildman–Crippen LogP) is 5.60. The molecule has 1 fully saturated rings. The van der Waals surface area contributed by atoms with E-state index in [1.807, 2.05) is 24.3 Å². The van der Waals surface area contributed by atoms with Crippen molar-refractivity contribution in [1.82, 2.24) is 5.32 Å². The first kappa shape index (κ1) is 22.9. The highest BCUT2D eigenvalue weighted by atomic mass is 79.9. The van der Waals surface area contributed by atoms with Crippen molar-refractivity contribution < 1.29 is 23.5 Å². The summed E-state index contributed by atoms with van der Waals surface area (Å²) >= 11 is 6.82. The van der Waals surface area contributed by atoms with Gasteiger partial charge in [0, 0.05) is 4.47 Å². The third kappa shape index (κ3) is 5.04. The van der Waals surface area contributed by atoms with Crippen molar-refractivity contribution in [3.63, 3.8) is 0 Å². The second-order valence-electron chi connectivity index (χ2n) is 7.01. The first-order chi connectivity index (χ1) is 15.8. The molecular weight excluding hydrogens is 559 g/mol. The minimum atomic E-state index is -1.01. The molecular formula is C24H15Br2FN2O4. The molecule has 0 unspecified atom stereocenters. The molecule has 0 radical (unpaired) electrons. The van der Waals surface area contributed by atoms with Crippen molar-refractivity contribution in [2.75, 3.05) is 4.90 Å². The molecule has 4 amide bonds. The second kappa shape index (κ2) is 9.68. The van der Waals surface area contributed by atoms with Crippen LogP contribution < -0.4 is 15.0 Å². The SMILES string of the molecule is O=C1NC(=O)N(c2ccccc2F)C(=O)/C1=C\c1ccc(OCc2ccc(Br)cc2)c(Br)c1. The van der Waals surface area contributed by atoms with Crippen LogP contribution >= 0.6 is 31.9 Å². The minimum Gasteiger partial charge on any atom is -0.488 e. The van der Waals surface area contributed by atoms with E-state index in [2.05, 4.69) is 37.2 Å². The molecule has 0 aromatic heterocycles. The lowest BCUT2D eigenvalue weighted by atomic mass is 10.1. The van der Waals surface area contributed by atoms with Crippen LogP contribution in [-0.4, -0.2) is 17.8 Å². The molecule has 1 N–H and O–H groups in total. The van der Waals surface area contributed by atoms with Crippen LogP contribution in [0.1, 0.15) is 11.1 Å². The van der Waals surface area contributed by atoms with Gasteiger partial charge >= 0.3 is 6.03 Å². The number of nitrogens with one attached hydrogen (secondary N) is 1. The number of halogens is 3. The summed E-state index contributed by atoms with van der Waals surface area (Å²) in [5, 5.41) is 2.08. The van der Waals surface area contributed by atoms with Crippen molar-refractivity contribution in [2.45, 2.75) is 6.61 Å². The summed E-state index contributed by atoms with van der Waals surface area (Å²) in [4.78, 5) is 38.1. The lowest BCUT2D eigenvalue weighted by molar-refractivity contribution is -0.122. The molecule has 9 heteroatoms. The summed E-state index contributed by atoms with van der Waals surface area (Å²) < 4.78 is 21.6. The van der Waals surface area contributed by atoms with Crippen LogP contribution in [0.3, 0.4) is 0 Å². The van der Waals surface area contributed by atoms with Gasteiger partial charge in [0.05, 0.1) is 10.2 Å². The number of para-hydroxylation sites is 1. The van der Waals surface area contributed by atoms with Crippen LogP contribution in [0, 0.1) is 5.82 Å². The van der Waals surface area contributed by atoms with E-state index >= 15 is 0 Å². The van der Waals surface area contributed by atoms with Gasteiger partial charge in [0.1, 0.15) is 23.7 Å². The molecule has 6 nitrogen and oxygen atoms in total. The largest absolute Gasteiger partial charge is 0.488 e. The number of anilines is 1. The second-order valence-corrected chi connectivity index (χ2v) is 8.78. The Hall–Kier alpha value is -3.30. The molecule has 3 aromatic carbocycles. The molecule has 1 saturated heterocycles. The molecule has 3 aromatic rings. The number of benzene rings is 3. The molecule has 0 atom stereocenters. The van der Waals surface area contributed by atoms with Crippen LogP contribution in [0.2, 0.25) is 0 Å². The Labute approximate surface area is 205 Å². The number of barbiturate groups is 1. The fourth-order valence-electron chi connectivity index (χ4n) is 3.14. The number of urea groups is 1. The zero-order valence-electron chi connectivity index (χ0n) is 16.8. The molecule has 1 aliphatic rings. The lowest BCUT2D eigenvalue weighted by Crippen LogP contribution is -2.54. The van der Waals surface area contributed by atoms with Gasteiger partial charge in [-0.2, -0.15) is 0 Å². The standard InChI is InChI=1S/C24H15Br2FN2O4/c25-16-8-5-14(6-9-16)13-33-21-10-7-15(12-18(21)26)11-17-22(30)28-24(32)29(23(17)31)20-4-2-1-3-19(20)27/h1-12H,13H2,(H,28,30,32)/b17-11-. The number of carbonyl (C=O) groups is 3. The summed E-state index contributed by atoms with van der Waals surface area (Å²) in [5.41, 5.74) is 0.961. The highest BCUT2D eigenvalue weighted by Gasteiger charge is 2.37. The smallest absolute Gasteiger partial charge is 0.336 e. The van der Waals surface area contributed by atoms with Crippen molar-refractivity contribution in [2.24, 2.45) is 0 Å². The maximum atomic E-state index is 14.2. The van der Waals surface area contributed by atoms with Crippen molar-refractivity contribution in [3.05, 3.63) is 98.2 Å². The molecule has 0 aliphatic carbocycles. The van der Waals surface area contributed by atoms with Gasteiger partial charge in [0.25, 0.3) is 11.8 Å². The highest BCUT2D eigenvalue weighted by Crippen LogP contribution is 2.29. The van der Waals surface area contributed by atoms with Gasteiger partial charge in [-0.05, 0) is 69.5 Å². The molecule has 1 heterocycles. The molecule has 0 bridgehead atoms. The Bertz CT molecular complexity index is 1290. The number of ether oxygens (including phenoxy) is 1. The number of imide groups is 2. The third-order valence-corrected chi connectivity index (χ3v) is 5.92. The quantitative estimate of drug-likeness (QED) is 0.319. The van der Waals surface area contributed by atoms with Crippen molar-refractivity contribution in [1.29, 1.82) is 0 Å². The van der Waals surface area contributed by atoms with Crippen molar-refractivity contribution >= 4 is 61.5 Å². The van der Waals surface area contributed by atoms with E-state index in [-0.39, 0.29) is 11.3 Å². The van der Waals surface area contributed by atoms with Gasteiger partial charge in [-0.1, -0.05) is 46.3 Å². The average Bonchev–Trinajstić information content (AvgIpc) is 2.78.